The minimum absolute atomic E-state index is 0.0282. The Morgan fingerprint density at radius 1 is 1.41 bits per heavy atom. The molecule has 1 aromatic rings. The smallest absolute Gasteiger partial charge is 0.272 e. The van der Waals surface area contributed by atoms with E-state index in [2.05, 4.69) is 0 Å². The summed E-state index contributed by atoms with van der Waals surface area (Å²) in [6.07, 6.45) is 0.863. The Hall–Kier alpha value is -1.31. The zero-order valence-corrected chi connectivity index (χ0v) is 9.85. The van der Waals surface area contributed by atoms with Gasteiger partial charge in [0.25, 0.3) is 5.69 Å². The van der Waals surface area contributed by atoms with E-state index in [-0.39, 0.29) is 18.0 Å². The molecule has 1 atom stereocenters. The van der Waals surface area contributed by atoms with E-state index in [1.165, 1.54) is 6.07 Å². The van der Waals surface area contributed by atoms with Crippen molar-refractivity contribution in [2.45, 2.75) is 18.6 Å². The summed E-state index contributed by atoms with van der Waals surface area (Å²) in [7, 11) is 0. The highest BCUT2D eigenvalue weighted by atomic mass is 32.2. The van der Waals surface area contributed by atoms with Crippen LogP contribution in [0, 0.1) is 10.1 Å². The lowest BCUT2D eigenvalue weighted by Gasteiger charge is -2.04. The second-order valence-corrected chi connectivity index (χ2v) is 4.44. The van der Waals surface area contributed by atoms with Gasteiger partial charge in [-0.05, 0) is 18.4 Å². The van der Waals surface area contributed by atoms with Gasteiger partial charge in [-0.15, -0.1) is 0 Å². The zero-order valence-electron chi connectivity index (χ0n) is 9.04. The van der Waals surface area contributed by atoms with E-state index in [1.807, 2.05) is 0 Å². The Bertz CT molecular complexity index is 435. The van der Waals surface area contributed by atoms with Crippen molar-refractivity contribution in [2.75, 3.05) is 6.61 Å². The van der Waals surface area contributed by atoms with Crippen molar-refractivity contribution in [3.8, 4) is 0 Å². The molecule has 0 aliphatic carbocycles. The van der Waals surface area contributed by atoms with Crippen molar-refractivity contribution in [1.82, 2.24) is 0 Å². The molecule has 0 saturated heterocycles. The molecule has 6 nitrogen and oxygen atoms in total. The Morgan fingerprint density at radius 3 is 2.65 bits per heavy atom. The molecule has 1 unspecified atom stereocenters. The Morgan fingerprint density at radius 2 is 2.12 bits per heavy atom. The summed E-state index contributed by atoms with van der Waals surface area (Å²) in [4.78, 5) is 10.3. The van der Waals surface area contributed by atoms with Gasteiger partial charge in [0.2, 0.25) is 0 Å². The number of hydrogen-bond acceptors (Lipinski definition) is 4. The Kier molecular flexibility index (Phi) is 5.20. The van der Waals surface area contributed by atoms with Gasteiger partial charge in [-0.3, -0.25) is 10.1 Å². The van der Waals surface area contributed by atoms with Gasteiger partial charge in [-0.1, -0.05) is 12.1 Å². The van der Waals surface area contributed by atoms with Crippen molar-refractivity contribution >= 4 is 16.8 Å². The van der Waals surface area contributed by atoms with Gasteiger partial charge in [0.15, 0.2) is 11.1 Å². The maximum absolute atomic E-state index is 10.8. The fourth-order valence-electron chi connectivity index (χ4n) is 1.49. The highest BCUT2D eigenvalue weighted by Crippen LogP contribution is 2.22. The Balaban J connectivity index is 2.99. The van der Waals surface area contributed by atoms with Crippen LogP contribution in [0.25, 0.3) is 0 Å². The fraction of sp³-hybridized carbons (Fsp3) is 0.400. The molecule has 1 aromatic carbocycles. The molecule has 94 valence electrons. The van der Waals surface area contributed by atoms with Gasteiger partial charge in [0, 0.05) is 18.2 Å². The molecular weight excluding hydrogens is 246 g/mol. The third-order valence-corrected chi connectivity index (χ3v) is 2.82. The molecule has 0 aliphatic rings. The lowest BCUT2D eigenvalue weighted by molar-refractivity contribution is -0.385. The third kappa shape index (κ3) is 4.22. The molecule has 0 heterocycles. The summed E-state index contributed by atoms with van der Waals surface area (Å²) in [5, 5.41) is 19.5. The van der Waals surface area contributed by atoms with E-state index in [0.29, 0.717) is 24.0 Å². The average molecular weight is 259 g/mol. The average Bonchev–Trinajstić information content (AvgIpc) is 2.26. The summed E-state index contributed by atoms with van der Waals surface area (Å²) >= 11 is -2.01. The van der Waals surface area contributed by atoms with E-state index in [0.717, 1.165) is 0 Å². The molecule has 17 heavy (non-hydrogen) atoms. The van der Waals surface area contributed by atoms with Crippen LogP contribution >= 0.6 is 0 Å². The zero-order chi connectivity index (χ0) is 12.8. The molecule has 0 aliphatic heterocycles. The highest BCUT2D eigenvalue weighted by Gasteiger charge is 2.14. The van der Waals surface area contributed by atoms with E-state index in [1.54, 1.807) is 12.1 Å². The number of aliphatic hydroxyl groups is 1. The summed E-state index contributed by atoms with van der Waals surface area (Å²) in [6.45, 7) is -0.0282. The molecule has 0 spiro atoms. The van der Waals surface area contributed by atoms with Crippen LogP contribution in [-0.4, -0.2) is 25.4 Å². The van der Waals surface area contributed by atoms with Gasteiger partial charge in [0.05, 0.1) is 10.7 Å². The molecule has 1 rings (SSSR count). The number of hydrogen-bond donors (Lipinski definition) is 2. The highest BCUT2D eigenvalue weighted by molar-refractivity contribution is 7.78. The quantitative estimate of drug-likeness (QED) is 0.454. The number of aliphatic hydroxyl groups excluding tert-OH is 1. The summed E-state index contributed by atoms with van der Waals surface area (Å²) in [5.41, 5.74) is 0.906. The number of nitrogens with zero attached hydrogens (tertiary/aromatic N) is 1. The number of benzene rings is 1. The molecular formula is C10H13NO5S. The SMILES string of the molecule is O=[N+]([O-])c1cc(CS(=O)O)ccc1CCCO. The maximum Gasteiger partial charge on any atom is 0.272 e. The van der Waals surface area contributed by atoms with Crippen molar-refractivity contribution in [2.24, 2.45) is 0 Å². The second kappa shape index (κ2) is 6.43. The molecule has 7 heteroatoms. The van der Waals surface area contributed by atoms with Crippen molar-refractivity contribution in [3.63, 3.8) is 0 Å². The molecule has 0 fully saturated rings. The van der Waals surface area contributed by atoms with Crippen molar-refractivity contribution < 1.29 is 18.8 Å². The number of rotatable bonds is 6. The maximum atomic E-state index is 10.8. The van der Waals surface area contributed by atoms with Crippen LogP contribution < -0.4 is 0 Å². The van der Waals surface area contributed by atoms with Crippen molar-refractivity contribution in [3.05, 3.63) is 39.4 Å². The van der Waals surface area contributed by atoms with Gasteiger partial charge < -0.3 is 9.66 Å². The minimum atomic E-state index is -2.01. The first kappa shape index (κ1) is 13.8. The first-order valence-corrected chi connectivity index (χ1v) is 6.26. The first-order valence-electron chi connectivity index (χ1n) is 4.99. The van der Waals surface area contributed by atoms with Gasteiger partial charge in [0.1, 0.15) is 0 Å². The predicted octanol–water partition coefficient (Wildman–Crippen LogP) is 1.24. The lowest BCUT2D eigenvalue weighted by Crippen LogP contribution is -2.00. The predicted molar refractivity (Wildman–Crippen MR) is 63.0 cm³/mol. The third-order valence-electron chi connectivity index (χ3n) is 2.24. The standard InChI is InChI=1S/C10H13NO5S/c12-5-1-2-9-4-3-8(7-17(15)16)6-10(9)11(13)14/h3-4,6,12H,1-2,5,7H2,(H,15,16). The molecule has 0 aromatic heterocycles. The topological polar surface area (TPSA) is 101 Å². The summed E-state index contributed by atoms with van der Waals surface area (Å²) in [5.74, 6) is -0.124. The Labute approximate surface area is 101 Å². The number of nitro groups is 1. The molecule has 0 radical (unpaired) electrons. The monoisotopic (exact) mass is 259 g/mol. The van der Waals surface area contributed by atoms with Crippen LogP contribution in [0.4, 0.5) is 5.69 Å². The van der Waals surface area contributed by atoms with Gasteiger partial charge >= 0.3 is 0 Å². The summed E-state index contributed by atoms with van der Waals surface area (Å²) in [6, 6.07) is 4.46. The van der Waals surface area contributed by atoms with Crippen LogP contribution in [0.3, 0.4) is 0 Å². The normalized spacial score (nSPS) is 12.4. The fourth-order valence-corrected chi connectivity index (χ4v) is 1.96. The van der Waals surface area contributed by atoms with E-state index in [9.17, 15) is 14.3 Å². The largest absolute Gasteiger partial charge is 0.396 e. The first-order chi connectivity index (χ1) is 8.04. The molecule has 0 bridgehead atoms. The molecule has 0 amide bonds. The van der Waals surface area contributed by atoms with Gasteiger partial charge in [-0.2, -0.15) is 0 Å². The summed E-state index contributed by atoms with van der Waals surface area (Å²) < 4.78 is 19.3. The van der Waals surface area contributed by atoms with Crippen LogP contribution in [0.15, 0.2) is 18.2 Å². The van der Waals surface area contributed by atoms with Crippen LogP contribution in [-0.2, 0) is 23.3 Å². The second-order valence-electron chi connectivity index (χ2n) is 3.51. The van der Waals surface area contributed by atoms with Crippen LogP contribution in [0.1, 0.15) is 17.5 Å². The van der Waals surface area contributed by atoms with Crippen molar-refractivity contribution in [1.29, 1.82) is 0 Å². The number of aryl methyl sites for hydroxylation is 1. The number of nitro benzene ring substituents is 1. The lowest BCUT2D eigenvalue weighted by atomic mass is 10.1. The van der Waals surface area contributed by atoms with E-state index < -0.39 is 16.0 Å². The molecule has 0 saturated carbocycles. The van der Waals surface area contributed by atoms with E-state index in [4.69, 9.17) is 9.66 Å². The van der Waals surface area contributed by atoms with E-state index >= 15 is 0 Å². The van der Waals surface area contributed by atoms with Crippen LogP contribution in [0.5, 0.6) is 0 Å². The van der Waals surface area contributed by atoms with Crippen LogP contribution in [0.2, 0.25) is 0 Å². The minimum Gasteiger partial charge on any atom is -0.396 e. The molecule has 2 N–H and O–H groups in total. The van der Waals surface area contributed by atoms with Gasteiger partial charge in [-0.25, -0.2) is 4.21 Å².